The van der Waals surface area contributed by atoms with Gasteiger partial charge in [0.05, 0.1) is 22.7 Å². The molecule has 0 radical (unpaired) electrons. The van der Waals surface area contributed by atoms with E-state index in [0.29, 0.717) is 30.1 Å². The Bertz CT molecular complexity index is 1260. The van der Waals surface area contributed by atoms with E-state index in [0.717, 1.165) is 40.8 Å². The number of rotatable bonds is 3. The SMILES string of the molecule is N#Cc1ccccc1-c1ccccc1C(=O)N1CCC(c2nc3ccccc3[nH]2)CC1. The molecule has 1 aromatic heterocycles. The number of nitriles is 1. The Morgan fingerprint density at radius 2 is 1.61 bits per heavy atom. The molecular weight excluding hydrogens is 384 g/mol. The summed E-state index contributed by atoms with van der Waals surface area (Å²) in [5.74, 6) is 1.36. The molecule has 0 bridgehead atoms. The highest BCUT2D eigenvalue weighted by Crippen LogP contribution is 2.31. The molecule has 5 heteroatoms. The summed E-state index contributed by atoms with van der Waals surface area (Å²) in [7, 11) is 0. The van der Waals surface area contributed by atoms with Crippen molar-refractivity contribution in [1.82, 2.24) is 14.9 Å². The number of aromatic nitrogens is 2. The van der Waals surface area contributed by atoms with Crippen LogP contribution in [0.25, 0.3) is 22.2 Å². The fourth-order valence-electron chi connectivity index (χ4n) is 4.41. The number of hydrogen-bond acceptors (Lipinski definition) is 3. The van der Waals surface area contributed by atoms with Crippen molar-refractivity contribution in [3.63, 3.8) is 0 Å². The number of aromatic amines is 1. The van der Waals surface area contributed by atoms with Gasteiger partial charge in [-0.3, -0.25) is 4.79 Å². The largest absolute Gasteiger partial charge is 0.342 e. The molecule has 1 aliphatic heterocycles. The molecule has 4 aromatic rings. The molecule has 152 valence electrons. The maximum atomic E-state index is 13.4. The number of hydrogen-bond donors (Lipinski definition) is 1. The molecule has 0 saturated carbocycles. The maximum absolute atomic E-state index is 13.4. The number of amides is 1. The topological polar surface area (TPSA) is 72.8 Å². The van der Waals surface area contributed by atoms with Crippen molar-refractivity contribution in [2.45, 2.75) is 18.8 Å². The van der Waals surface area contributed by atoms with Crippen LogP contribution < -0.4 is 0 Å². The lowest BCUT2D eigenvalue weighted by molar-refractivity contribution is 0.0712. The number of carbonyl (C=O) groups excluding carboxylic acids is 1. The number of fused-ring (bicyclic) bond motifs is 1. The van der Waals surface area contributed by atoms with E-state index in [-0.39, 0.29) is 5.91 Å². The Morgan fingerprint density at radius 1 is 0.935 bits per heavy atom. The summed E-state index contributed by atoms with van der Waals surface area (Å²) in [5, 5.41) is 9.49. The van der Waals surface area contributed by atoms with Gasteiger partial charge in [0.1, 0.15) is 5.82 Å². The van der Waals surface area contributed by atoms with Crippen LogP contribution in [0.5, 0.6) is 0 Å². The highest BCUT2D eigenvalue weighted by atomic mass is 16.2. The van der Waals surface area contributed by atoms with Crippen LogP contribution in [0, 0.1) is 11.3 Å². The van der Waals surface area contributed by atoms with Gasteiger partial charge in [-0.2, -0.15) is 5.26 Å². The van der Waals surface area contributed by atoms with Crippen molar-refractivity contribution >= 4 is 16.9 Å². The predicted octanol–water partition coefficient (Wildman–Crippen LogP) is 5.12. The number of imidazole rings is 1. The summed E-state index contributed by atoms with van der Waals surface area (Å²) in [6.07, 6.45) is 1.75. The zero-order valence-corrected chi connectivity index (χ0v) is 17.1. The molecule has 2 heterocycles. The number of likely N-dealkylation sites (tertiary alicyclic amines) is 1. The molecule has 0 spiro atoms. The average Bonchev–Trinajstić information content (AvgIpc) is 3.28. The van der Waals surface area contributed by atoms with Crippen molar-refractivity contribution in [1.29, 1.82) is 5.26 Å². The number of para-hydroxylation sites is 2. The maximum Gasteiger partial charge on any atom is 0.254 e. The quantitative estimate of drug-likeness (QED) is 0.513. The van der Waals surface area contributed by atoms with Crippen LogP contribution in [0.15, 0.2) is 72.8 Å². The Labute approximate surface area is 181 Å². The molecule has 0 aliphatic carbocycles. The van der Waals surface area contributed by atoms with Crippen molar-refractivity contribution in [2.75, 3.05) is 13.1 Å². The molecule has 5 rings (SSSR count). The third-order valence-electron chi connectivity index (χ3n) is 6.07. The Kier molecular flexibility index (Phi) is 4.97. The molecule has 1 N–H and O–H groups in total. The van der Waals surface area contributed by atoms with Crippen molar-refractivity contribution in [2.24, 2.45) is 0 Å². The number of nitrogens with one attached hydrogen (secondary N) is 1. The van der Waals surface area contributed by atoms with Gasteiger partial charge in [-0.25, -0.2) is 4.98 Å². The van der Waals surface area contributed by atoms with Gasteiger partial charge in [-0.15, -0.1) is 0 Å². The van der Waals surface area contributed by atoms with Crippen LogP contribution in [0.2, 0.25) is 0 Å². The molecule has 1 fully saturated rings. The highest BCUT2D eigenvalue weighted by molar-refractivity contribution is 6.01. The molecule has 1 amide bonds. The average molecular weight is 406 g/mol. The zero-order valence-electron chi connectivity index (χ0n) is 17.1. The minimum Gasteiger partial charge on any atom is -0.342 e. The number of carbonyl (C=O) groups is 1. The first-order valence-corrected chi connectivity index (χ1v) is 10.6. The second-order valence-electron chi connectivity index (χ2n) is 7.91. The van der Waals surface area contributed by atoms with Gasteiger partial charge in [0, 0.05) is 30.1 Å². The Morgan fingerprint density at radius 3 is 2.39 bits per heavy atom. The van der Waals surface area contributed by atoms with Crippen LogP contribution in [-0.2, 0) is 0 Å². The molecule has 1 aliphatic rings. The molecule has 1 saturated heterocycles. The smallest absolute Gasteiger partial charge is 0.254 e. The Hall–Kier alpha value is -3.91. The van der Waals surface area contributed by atoms with Crippen molar-refractivity contribution < 1.29 is 4.79 Å². The third-order valence-corrected chi connectivity index (χ3v) is 6.07. The van der Waals surface area contributed by atoms with Crippen molar-refractivity contribution in [3.05, 3.63) is 89.7 Å². The normalized spacial score (nSPS) is 14.5. The third kappa shape index (κ3) is 3.57. The number of H-pyrrole nitrogens is 1. The van der Waals surface area contributed by atoms with E-state index in [2.05, 4.69) is 11.1 Å². The molecule has 3 aromatic carbocycles. The van der Waals surface area contributed by atoms with Crippen molar-refractivity contribution in [3.8, 4) is 17.2 Å². The first kappa shape index (κ1) is 19.1. The summed E-state index contributed by atoms with van der Waals surface area (Å²) >= 11 is 0. The summed E-state index contributed by atoms with van der Waals surface area (Å²) in [5.41, 5.74) is 4.87. The van der Waals surface area contributed by atoms with Crippen LogP contribution in [0.1, 0.15) is 40.5 Å². The van der Waals surface area contributed by atoms with Gasteiger partial charge in [-0.1, -0.05) is 48.5 Å². The highest BCUT2D eigenvalue weighted by Gasteiger charge is 2.27. The summed E-state index contributed by atoms with van der Waals surface area (Å²) in [6, 6.07) is 25.3. The minimum absolute atomic E-state index is 0.0198. The number of nitrogens with zero attached hydrogens (tertiary/aromatic N) is 3. The van der Waals surface area contributed by atoms with Crippen LogP contribution in [0.3, 0.4) is 0 Å². The lowest BCUT2D eigenvalue weighted by Crippen LogP contribution is -2.38. The summed E-state index contributed by atoms with van der Waals surface area (Å²) in [6.45, 7) is 1.38. The van der Waals surface area contributed by atoms with E-state index in [9.17, 15) is 10.1 Å². The van der Waals surface area contributed by atoms with Gasteiger partial charge in [-0.05, 0) is 42.7 Å². The van der Waals surface area contributed by atoms with Gasteiger partial charge in [0.25, 0.3) is 5.91 Å². The molecule has 5 nitrogen and oxygen atoms in total. The first-order chi connectivity index (χ1) is 15.2. The molecule has 0 unspecified atom stereocenters. The summed E-state index contributed by atoms with van der Waals surface area (Å²) < 4.78 is 0. The van der Waals surface area contributed by atoms with E-state index in [1.165, 1.54) is 0 Å². The monoisotopic (exact) mass is 406 g/mol. The lowest BCUT2D eigenvalue weighted by Gasteiger charge is -2.31. The molecule has 31 heavy (non-hydrogen) atoms. The number of piperidine rings is 1. The molecular formula is C26H22N4O. The van der Waals surface area contributed by atoms with Crippen LogP contribution >= 0.6 is 0 Å². The van der Waals surface area contributed by atoms with Gasteiger partial charge < -0.3 is 9.88 Å². The zero-order chi connectivity index (χ0) is 21.2. The van der Waals surface area contributed by atoms with E-state index in [1.54, 1.807) is 6.07 Å². The fourth-order valence-corrected chi connectivity index (χ4v) is 4.41. The van der Waals surface area contributed by atoms with Gasteiger partial charge in [0.15, 0.2) is 0 Å². The second kappa shape index (κ2) is 8.08. The van der Waals surface area contributed by atoms with E-state index < -0.39 is 0 Å². The minimum atomic E-state index is 0.0198. The Balaban J connectivity index is 1.36. The molecule has 0 atom stereocenters. The lowest BCUT2D eigenvalue weighted by atomic mass is 9.93. The van der Waals surface area contributed by atoms with Gasteiger partial charge in [0.2, 0.25) is 0 Å². The standard InChI is InChI=1S/C26H22N4O/c27-17-19-7-1-2-8-20(19)21-9-3-4-10-22(21)26(31)30-15-13-18(14-16-30)25-28-23-11-5-6-12-24(23)29-25/h1-12,18H,13-16H2,(H,28,29). The number of benzene rings is 3. The second-order valence-corrected chi connectivity index (χ2v) is 7.91. The summed E-state index contributed by atoms with van der Waals surface area (Å²) in [4.78, 5) is 23.5. The predicted molar refractivity (Wildman–Crippen MR) is 121 cm³/mol. The van der Waals surface area contributed by atoms with E-state index in [1.807, 2.05) is 71.6 Å². The van der Waals surface area contributed by atoms with Gasteiger partial charge >= 0.3 is 0 Å². The fraction of sp³-hybridized carbons (Fsp3) is 0.192. The van der Waals surface area contributed by atoms with E-state index in [4.69, 9.17) is 4.98 Å². The first-order valence-electron chi connectivity index (χ1n) is 10.6. The van der Waals surface area contributed by atoms with Crippen LogP contribution in [-0.4, -0.2) is 33.9 Å². The van der Waals surface area contributed by atoms with E-state index >= 15 is 0 Å². The van der Waals surface area contributed by atoms with Crippen LogP contribution in [0.4, 0.5) is 0 Å².